The van der Waals surface area contributed by atoms with Crippen molar-refractivity contribution < 1.29 is 4.42 Å². The van der Waals surface area contributed by atoms with E-state index in [0.717, 1.165) is 36.1 Å². The van der Waals surface area contributed by atoms with Crippen LogP contribution in [0.25, 0.3) is 11.3 Å². The SMILES string of the molecule is CN1CC[C@@H]2CN(Cc3ccc(-c4ccccc4C#N)o3)C[C@@H]21. The molecule has 4 heteroatoms. The molecule has 0 bridgehead atoms. The van der Waals surface area contributed by atoms with Crippen LogP contribution in [0.2, 0.25) is 0 Å². The molecule has 4 rings (SSSR count). The highest BCUT2D eigenvalue weighted by Gasteiger charge is 2.39. The van der Waals surface area contributed by atoms with E-state index in [0.29, 0.717) is 11.6 Å². The summed E-state index contributed by atoms with van der Waals surface area (Å²) in [6, 6.07) is 14.6. The quantitative estimate of drug-likeness (QED) is 0.874. The third-order valence-electron chi connectivity index (χ3n) is 5.25. The molecule has 1 aromatic heterocycles. The van der Waals surface area contributed by atoms with Gasteiger partial charge in [-0.1, -0.05) is 12.1 Å². The maximum Gasteiger partial charge on any atom is 0.135 e. The number of benzene rings is 1. The highest BCUT2D eigenvalue weighted by molar-refractivity contribution is 5.66. The van der Waals surface area contributed by atoms with Crippen molar-refractivity contribution >= 4 is 0 Å². The van der Waals surface area contributed by atoms with E-state index in [1.165, 1.54) is 19.5 Å². The van der Waals surface area contributed by atoms with Gasteiger partial charge in [-0.15, -0.1) is 0 Å². The van der Waals surface area contributed by atoms with E-state index in [9.17, 15) is 5.26 Å². The molecule has 2 fully saturated rings. The van der Waals surface area contributed by atoms with Crippen LogP contribution in [0.4, 0.5) is 0 Å². The first kappa shape index (κ1) is 14.5. The number of likely N-dealkylation sites (tertiary alicyclic amines) is 2. The Kier molecular flexibility index (Phi) is 3.68. The topological polar surface area (TPSA) is 43.4 Å². The standard InChI is InChI=1S/C19H21N3O/c1-21-9-8-15-11-22(13-18(15)21)12-16-6-7-19(23-16)17-5-3-2-4-14(17)10-20/h2-7,15,18H,8-9,11-13H2,1H3/t15-,18+/m1/s1. The second-order valence-electron chi connectivity index (χ2n) is 6.71. The third kappa shape index (κ3) is 2.67. The summed E-state index contributed by atoms with van der Waals surface area (Å²) in [5.74, 6) is 2.58. The van der Waals surface area contributed by atoms with E-state index >= 15 is 0 Å². The zero-order valence-electron chi connectivity index (χ0n) is 13.4. The molecule has 0 radical (unpaired) electrons. The smallest absolute Gasteiger partial charge is 0.135 e. The fourth-order valence-electron chi connectivity index (χ4n) is 4.01. The number of nitriles is 1. The van der Waals surface area contributed by atoms with Crippen molar-refractivity contribution in [2.24, 2.45) is 5.92 Å². The van der Waals surface area contributed by atoms with Crippen molar-refractivity contribution in [3.8, 4) is 17.4 Å². The molecular formula is C19H21N3O. The van der Waals surface area contributed by atoms with Crippen molar-refractivity contribution in [3.63, 3.8) is 0 Å². The minimum absolute atomic E-state index is 0.658. The summed E-state index contributed by atoms with van der Waals surface area (Å²) in [6.07, 6.45) is 1.32. The molecule has 3 heterocycles. The van der Waals surface area contributed by atoms with Crippen LogP contribution in [0.3, 0.4) is 0 Å². The molecule has 2 aromatic rings. The summed E-state index contributed by atoms with van der Waals surface area (Å²) in [4.78, 5) is 4.98. The fourth-order valence-corrected chi connectivity index (χ4v) is 4.01. The number of furan rings is 1. The molecular weight excluding hydrogens is 286 g/mol. The van der Waals surface area contributed by atoms with Crippen LogP contribution in [0.5, 0.6) is 0 Å². The Morgan fingerprint density at radius 3 is 2.91 bits per heavy atom. The van der Waals surface area contributed by atoms with E-state index in [2.05, 4.69) is 22.9 Å². The van der Waals surface area contributed by atoms with Crippen molar-refractivity contribution in [2.75, 3.05) is 26.7 Å². The van der Waals surface area contributed by atoms with Gasteiger partial charge in [0.25, 0.3) is 0 Å². The Morgan fingerprint density at radius 1 is 1.22 bits per heavy atom. The summed E-state index contributed by atoms with van der Waals surface area (Å²) in [7, 11) is 2.23. The zero-order chi connectivity index (χ0) is 15.8. The first-order valence-electron chi connectivity index (χ1n) is 8.25. The minimum Gasteiger partial charge on any atom is -0.460 e. The van der Waals surface area contributed by atoms with Crippen LogP contribution >= 0.6 is 0 Å². The lowest BCUT2D eigenvalue weighted by Gasteiger charge is -2.19. The Morgan fingerprint density at radius 2 is 2.09 bits per heavy atom. The zero-order valence-corrected chi connectivity index (χ0v) is 13.4. The average Bonchev–Trinajstić information content (AvgIpc) is 3.26. The summed E-state index contributed by atoms with van der Waals surface area (Å²) >= 11 is 0. The first-order chi connectivity index (χ1) is 11.2. The van der Waals surface area contributed by atoms with Crippen LogP contribution in [0.1, 0.15) is 17.7 Å². The lowest BCUT2D eigenvalue weighted by atomic mass is 10.1. The second kappa shape index (κ2) is 5.84. The van der Waals surface area contributed by atoms with Gasteiger partial charge in [-0.05, 0) is 50.2 Å². The van der Waals surface area contributed by atoms with Crippen LogP contribution in [0.15, 0.2) is 40.8 Å². The van der Waals surface area contributed by atoms with E-state index in [4.69, 9.17) is 4.42 Å². The Bertz CT molecular complexity index is 745. The molecule has 0 aliphatic carbocycles. The molecule has 118 valence electrons. The number of nitrogens with zero attached hydrogens (tertiary/aromatic N) is 3. The maximum absolute atomic E-state index is 9.23. The minimum atomic E-state index is 0.658. The normalized spacial score (nSPS) is 24.7. The van der Waals surface area contributed by atoms with Gasteiger partial charge in [0.05, 0.1) is 18.2 Å². The Labute approximate surface area is 136 Å². The van der Waals surface area contributed by atoms with Crippen molar-refractivity contribution in [1.82, 2.24) is 9.80 Å². The van der Waals surface area contributed by atoms with E-state index in [1.807, 2.05) is 36.4 Å². The summed E-state index contributed by atoms with van der Waals surface area (Å²) in [5, 5.41) is 9.23. The molecule has 0 amide bonds. The third-order valence-corrected chi connectivity index (χ3v) is 5.25. The van der Waals surface area contributed by atoms with Gasteiger partial charge in [-0.2, -0.15) is 5.26 Å². The molecule has 2 saturated heterocycles. The predicted molar refractivity (Wildman–Crippen MR) is 88.7 cm³/mol. The van der Waals surface area contributed by atoms with Gasteiger partial charge in [0.15, 0.2) is 0 Å². The lowest BCUT2D eigenvalue weighted by Crippen LogP contribution is -2.31. The van der Waals surface area contributed by atoms with E-state index in [1.54, 1.807) is 0 Å². The lowest BCUT2D eigenvalue weighted by molar-refractivity contribution is 0.243. The predicted octanol–water partition coefficient (Wildman–Crippen LogP) is 2.95. The first-order valence-corrected chi connectivity index (χ1v) is 8.25. The maximum atomic E-state index is 9.23. The van der Waals surface area contributed by atoms with Crippen LogP contribution in [-0.2, 0) is 6.54 Å². The van der Waals surface area contributed by atoms with Gasteiger partial charge in [0.1, 0.15) is 11.5 Å². The monoisotopic (exact) mass is 307 g/mol. The second-order valence-corrected chi connectivity index (χ2v) is 6.71. The van der Waals surface area contributed by atoms with Crippen LogP contribution < -0.4 is 0 Å². The Balaban J connectivity index is 1.48. The molecule has 2 atom stereocenters. The molecule has 4 nitrogen and oxygen atoms in total. The molecule has 0 saturated carbocycles. The van der Waals surface area contributed by atoms with Crippen molar-refractivity contribution in [2.45, 2.75) is 19.0 Å². The molecule has 23 heavy (non-hydrogen) atoms. The largest absolute Gasteiger partial charge is 0.460 e. The Hall–Kier alpha value is -2.09. The summed E-state index contributed by atoms with van der Waals surface area (Å²) in [6.45, 7) is 4.39. The van der Waals surface area contributed by atoms with E-state index in [-0.39, 0.29) is 0 Å². The van der Waals surface area contributed by atoms with Crippen LogP contribution in [0, 0.1) is 17.2 Å². The summed E-state index contributed by atoms with van der Waals surface area (Å²) < 4.78 is 6.02. The number of rotatable bonds is 3. The molecule has 0 N–H and O–H groups in total. The molecule has 0 unspecified atom stereocenters. The van der Waals surface area contributed by atoms with Crippen LogP contribution in [-0.4, -0.2) is 42.5 Å². The molecule has 1 aromatic carbocycles. The number of fused-ring (bicyclic) bond motifs is 1. The van der Waals surface area contributed by atoms with Gasteiger partial charge in [-0.25, -0.2) is 0 Å². The highest BCUT2D eigenvalue weighted by Crippen LogP contribution is 2.32. The van der Waals surface area contributed by atoms with Crippen molar-refractivity contribution in [3.05, 3.63) is 47.7 Å². The molecule has 0 spiro atoms. The van der Waals surface area contributed by atoms with Gasteiger partial charge >= 0.3 is 0 Å². The van der Waals surface area contributed by atoms with Gasteiger partial charge in [0, 0.05) is 24.7 Å². The van der Waals surface area contributed by atoms with E-state index < -0.39 is 0 Å². The van der Waals surface area contributed by atoms with Gasteiger partial charge < -0.3 is 9.32 Å². The van der Waals surface area contributed by atoms with Crippen molar-refractivity contribution in [1.29, 1.82) is 5.26 Å². The fraction of sp³-hybridized carbons (Fsp3) is 0.421. The number of hydrogen-bond acceptors (Lipinski definition) is 4. The summed E-state index contributed by atoms with van der Waals surface area (Å²) in [5.41, 5.74) is 1.53. The van der Waals surface area contributed by atoms with Gasteiger partial charge in [-0.3, -0.25) is 4.90 Å². The average molecular weight is 307 g/mol. The van der Waals surface area contributed by atoms with Gasteiger partial charge in [0.2, 0.25) is 0 Å². The molecule has 2 aliphatic heterocycles. The molecule has 2 aliphatic rings. The highest BCUT2D eigenvalue weighted by atomic mass is 16.3. The number of likely N-dealkylation sites (N-methyl/N-ethyl adjacent to an activating group) is 1. The number of hydrogen-bond donors (Lipinski definition) is 0.